The van der Waals surface area contributed by atoms with Crippen molar-refractivity contribution in [3.05, 3.63) is 138 Å². The average Bonchev–Trinajstić information content (AvgIpc) is 2.89. The van der Waals surface area contributed by atoms with Gasteiger partial charge in [-0.3, -0.25) is 0 Å². The molecule has 0 saturated carbocycles. The number of benzene rings is 5. The van der Waals surface area contributed by atoms with Crippen LogP contribution in [0.5, 0.6) is 0 Å². The molecule has 0 heterocycles. The molecule has 0 bridgehead atoms. The smallest absolute Gasteiger partial charge is 0.00258 e. The van der Waals surface area contributed by atoms with Crippen molar-refractivity contribution in [1.82, 2.24) is 0 Å². The van der Waals surface area contributed by atoms with Gasteiger partial charge in [0.15, 0.2) is 0 Å². The Bertz CT molecular complexity index is 1450. The van der Waals surface area contributed by atoms with Crippen molar-refractivity contribution in [3.63, 3.8) is 0 Å². The zero-order chi connectivity index (χ0) is 22.0. The molecular formula is C33H26. The van der Waals surface area contributed by atoms with E-state index in [0.717, 1.165) is 19.3 Å². The molecule has 0 unspecified atom stereocenters. The minimum absolute atomic E-state index is 0.947. The lowest BCUT2D eigenvalue weighted by Gasteiger charge is -2.15. The number of hydrogen-bond donors (Lipinski definition) is 0. The lowest BCUT2D eigenvalue weighted by molar-refractivity contribution is 0.986. The van der Waals surface area contributed by atoms with E-state index in [4.69, 9.17) is 0 Å². The highest BCUT2D eigenvalue weighted by Crippen LogP contribution is 2.32. The zero-order valence-electron chi connectivity index (χ0n) is 18.7. The lowest BCUT2D eigenvalue weighted by atomic mass is 9.89. The average molecular weight is 423 g/mol. The molecule has 1 aliphatic rings. The third kappa shape index (κ3) is 3.90. The fourth-order valence-electron chi connectivity index (χ4n) is 5.04. The Labute approximate surface area is 195 Å². The van der Waals surface area contributed by atoms with Crippen molar-refractivity contribution in [1.29, 1.82) is 0 Å². The van der Waals surface area contributed by atoms with Gasteiger partial charge in [-0.25, -0.2) is 0 Å². The summed E-state index contributed by atoms with van der Waals surface area (Å²) in [5.74, 6) is 0. The maximum Gasteiger partial charge on any atom is -0.00258 e. The predicted molar refractivity (Wildman–Crippen MR) is 141 cm³/mol. The molecular weight excluding hydrogens is 396 g/mol. The van der Waals surface area contributed by atoms with Crippen molar-refractivity contribution in [3.8, 4) is 22.3 Å². The number of hydrogen-bond acceptors (Lipinski definition) is 0. The normalized spacial score (nSPS) is 12.6. The van der Waals surface area contributed by atoms with Crippen molar-refractivity contribution in [2.75, 3.05) is 0 Å². The summed E-state index contributed by atoms with van der Waals surface area (Å²) in [6.07, 6.45) is 7.83. The fourth-order valence-corrected chi connectivity index (χ4v) is 5.04. The lowest BCUT2D eigenvalue weighted by Crippen LogP contribution is -1.96. The molecule has 0 radical (unpaired) electrons. The van der Waals surface area contributed by atoms with Crippen molar-refractivity contribution >= 4 is 16.8 Å². The molecule has 0 saturated heterocycles. The van der Waals surface area contributed by atoms with E-state index < -0.39 is 0 Å². The maximum atomic E-state index is 2.29. The van der Waals surface area contributed by atoms with Crippen molar-refractivity contribution in [2.45, 2.75) is 19.3 Å². The molecule has 1 aliphatic carbocycles. The second-order valence-electron chi connectivity index (χ2n) is 8.92. The van der Waals surface area contributed by atoms with Gasteiger partial charge in [-0.1, -0.05) is 121 Å². The Hall–Kier alpha value is -3.90. The Balaban J connectivity index is 1.23. The van der Waals surface area contributed by atoms with E-state index in [1.807, 2.05) is 0 Å². The molecule has 5 aromatic rings. The Kier molecular flexibility index (Phi) is 5.13. The molecule has 0 N–H and O–H groups in total. The number of rotatable bonds is 4. The van der Waals surface area contributed by atoms with Gasteiger partial charge in [0.2, 0.25) is 0 Å². The van der Waals surface area contributed by atoms with Gasteiger partial charge in [-0.15, -0.1) is 0 Å². The summed E-state index contributed by atoms with van der Waals surface area (Å²) in [5.41, 5.74) is 10.7. The second-order valence-corrected chi connectivity index (χ2v) is 8.92. The SMILES string of the molecule is C1=Cc2c(cccc2-c2ccc(Cc3ccc(-c4cccc5ccccc45)cc3)cc2)CC1. The molecule has 0 spiro atoms. The number of aryl methyl sites for hydroxylation is 1. The van der Waals surface area contributed by atoms with E-state index in [2.05, 4.69) is 121 Å². The van der Waals surface area contributed by atoms with Gasteiger partial charge in [0, 0.05) is 0 Å². The van der Waals surface area contributed by atoms with E-state index in [1.54, 1.807) is 0 Å². The van der Waals surface area contributed by atoms with Gasteiger partial charge in [-0.2, -0.15) is 0 Å². The Morgan fingerprint density at radius 3 is 1.97 bits per heavy atom. The summed E-state index contributed by atoms with van der Waals surface area (Å²) < 4.78 is 0. The highest BCUT2D eigenvalue weighted by molar-refractivity contribution is 5.96. The molecule has 0 nitrogen and oxygen atoms in total. The first-order valence-corrected chi connectivity index (χ1v) is 11.8. The summed E-state index contributed by atoms with van der Waals surface area (Å²) in [4.78, 5) is 0. The van der Waals surface area contributed by atoms with Crippen LogP contribution in [0.4, 0.5) is 0 Å². The molecule has 0 fully saturated rings. The monoisotopic (exact) mass is 422 g/mol. The van der Waals surface area contributed by atoms with Crippen LogP contribution in [0.1, 0.15) is 28.7 Å². The summed E-state index contributed by atoms with van der Waals surface area (Å²) in [6, 6.07) is 40.0. The number of allylic oxidation sites excluding steroid dienone is 1. The summed E-state index contributed by atoms with van der Waals surface area (Å²) in [7, 11) is 0. The standard InChI is InChI=1S/C33H26/c1-3-11-30-26(7-1)9-5-13-32(30)28-19-15-24(16-20-28)23-25-17-21-29(22-18-25)33-14-6-10-27-8-2-4-12-31(27)33/h1,3-7,9-22H,2,8,23H2. The summed E-state index contributed by atoms with van der Waals surface area (Å²) in [5, 5.41) is 2.59. The van der Waals surface area contributed by atoms with Crippen LogP contribution in [-0.2, 0) is 12.8 Å². The van der Waals surface area contributed by atoms with Gasteiger partial charge in [-0.05, 0) is 74.5 Å². The van der Waals surface area contributed by atoms with Crippen LogP contribution >= 0.6 is 0 Å². The first-order chi connectivity index (χ1) is 16.3. The van der Waals surface area contributed by atoms with E-state index in [9.17, 15) is 0 Å². The van der Waals surface area contributed by atoms with Gasteiger partial charge >= 0.3 is 0 Å². The molecule has 0 aromatic heterocycles. The Morgan fingerprint density at radius 2 is 1.18 bits per heavy atom. The maximum absolute atomic E-state index is 2.29. The molecule has 0 heteroatoms. The largest absolute Gasteiger partial charge is 0.0836 e. The topological polar surface area (TPSA) is 0 Å². The van der Waals surface area contributed by atoms with Crippen LogP contribution in [-0.4, -0.2) is 0 Å². The fraction of sp³-hybridized carbons (Fsp3) is 0.0909. The molecule has 5 aromatic carbocycles. The van der Waals surface area contributed by atoms with E-state index in [0.29, 0.717) is 0 Å². The third-order valence-corrected chi connectivity index (χ3v) is 6.79. The van der Waals surface area contributed by atoms with Crippen LogP contribution < -0.4 is 0 Å². The van der Waals surface area contributed by atoms with Gasteiger partial charge < -0.3 is 0 Å². The van der Waals surface area contributed by atoms with Crippen LogP contribution in [0, 0.1) is 0 Å². The van der Waals surface area contributed by atoms with Gasteiger partial charge in [0.1, 0.15) is 0 Å². The third-order valence-electron chi connectivity index (χ3n) is 6.79. The van der Waals surface area contributed by atoms with Crippen molar-refractivity contribution in [2.24, 2.45) is 0 Å². The molecule has 0 aliphatic heterocycles. The highest BCUT2D eigenvalue weighted by Gasteiger charge is 2.10. The molecule has 0 amide bonds. The highest BCUT2D eigenvalue weighted by atomic mass is 14.1. The van der Waals surface area contributed by atoms with Gasteiger partial charge in [0.25, 0.3) is 0 Å². The minimum Gasteiger partial charge on any atom is -0.0836 e. The van der Waals surface area contributed by atoms with Crippen molar-refractivity contribution < 1.29 is 0 Å². The van der Waals surface area contributed by atoms with Crippen LogP contribution in [0.2, 0.25) is 0 Å². The van der Waals surface area contributed by atoms with E-state index >= 15 is 0 Å². The summed E-state index contributed by atoms with van der Waals surface area (Å²) in [6.45, 7) is 0. The summed E-state index contributed by atoms with van der Waals surface area (Å²) >= 11 is 0. The zero-order valence-corrected chi connectivity index (χ0v) is 18.7. The predicted octanol–water partition coefficient (Wildman–Crippen LogP) is 8.72. The van der Waals surface area contributed by atoms with E-state index in [-0.39, 0.29) is 0 Å². The first kappa shape index (κ1) is 19.8. The van der Waals surface area contributed by atoms with Crippen LogP contribution in [0.3, 0.4) is 0 Å². The minimum atomic E-state index is 0.947. The van der Waals surface area contributed by atoms with Gasteiger partial charge in [0.05, 0.1) is 0 Å². The molecule has 158 valence electrons. The van der Waals surface area contributed by atoms with Crippen LogP contribution in [0.25, 0.3) is 39.1 Å². The number of fused-ring (bicyclic) bond motifs is 2. The quantitative estimate of drug-likeness (QED) is 0.272. The molecule has 0 atom stereocenters. The Morgan fingerprint density at radius 1 is 0.545 bits per heavy atom. The van der Waals surface area contributed by atoms with E-state index in [1.165, 1.54) is 55.3 Å². The first-order valence-electron chi connectivity index (χ1n) is 11.8. The second kappa shape index (κ2) is 8.56. The van der Waals surface area contributed by atoms with Crippen LogP contribution in [0.15, 0.2) is 115 Å². The molecule has 33 heavy (non-hydrogen) atoms. The molecule has 6 rings (SSSR count).